The number of nitrogens with two attached hydrogens (primary N) is 1. The van der Waals surface area contributed by atoms with Crippen LogP contribution in [0.5, 0.6) is 0 Å². The molecule has 18 heavy (non-hydrogen) atoms. The van der Waals surface area contributed by atoms with Gasteiger partial charge in [-0.2, -0.15) is 0 Å². The zero-order valence-corrected chi connectivity index (χ0v) is 10.4. The molecule has 0 aliphatic rings. The third-order valence-electron chi connectivity index (χ3n) is 2.73. The van der Waals surface area contributed by atoms with Gasteiger partial charge in [0.05, 0.1) is 5.69 Å². The number of carbonyl (C=O) groups excluding carboxylic acids is 1. The summed E-state index contributed by atoms with van der Waals surface area (Å²) in [4.78, 5) is 11.7. The smallest absolute Gasteiger partial charge is 0.251 e. The lowest BCUT2D eigenvalue weighted by Crippen LogP contribution is -2.25. The van der Waals surface area contributed by atoms with Crippen LogP contribution >= 0.6 is 0 Å². The van der Waals surface area contributed by atoms with E-state index in [2.05, 4.69) is 5.32 Å². The van der Waals surface area contributed by atoms with E-state index in [0.717, 1.165) is 18.9 Å². The average molecular weight is 254 g/mol. The predicted octanol–water partition coefficient (Wildman–Crippen LogP) is 1.55. The number of aliphatic hydroxyl groups is 1. The van der Waals surface area contributed by atoms with Crippen LogP contribution in [0.3, 0.4) is 0 Å². The number of aliphatic hydroxyl groups excluding tert-OH is 1. The Morgan fingerprint density at radius 3 is 2.89 bits per heavy atom. The van der Waals surface area contributed by atoms with Crippen molar-refractivity contribution in [3.63, 3.8) is 0 Å². The number of halogens is 1. The Balaban J connectivity index is 2.39. The van der Waals surface area contributed by atoms with Crippen LogP contribution in [0.25, 0.3) is 0 Å². The molecule has 0 bridgehead atoms. The van der Waals surface area contributed by atoms with Crippen molar-refractivity contribution in [3.8, 4) is 0 Å². The van der Waals surface area contributed by atoms with E-state index in [1.807, 2.05) is 6.92 Å². The van der Waals surface area contributed by atoms with Gasteiger partial charge >= 0.3 is 0 Å². The van der Waals surface area contributed by atoms with Crippen LogP contribution in [0, 0.1) is 11.7 Å². The summed E-state index contributed by atoms with van der Waals surface area (Å²) in [5.41, 5.74) is 5.62. The molecule has 1 amide bonds. The van der Waals surface area contributed by atoms with Crippen molar-refractivity contribution < 1.29 is 14.3 Å². The highest BCUT2D eigenvalue weighted by molar-refractivity contribution is 5.94. The molecular formula is C13H19FN2O2. The van der Waals surface area contributed by atoms with Crippen molar-refractivity contribution in [2.24, 2.45) is 5.92 Å². The van der Waals surface area contributed by atoms with Crippen LogP contribution in [0.1, 0.15) is 30.1 Å². The first-order chi connectivity index (χ1) is 8.54. The van der Waals surface area contributed by atoms with Crippen LogP contribution in [-0.2, 0) is 0 Å². The molecule has 0 aromatic heterocycles. The average Bonchev–Trinajstić information content (AvgIpc) is 2.37. The van der Waals surface area contributed by atoms with Gasteiger partial charge < -0.3 is 16.2 Å². The SMILES string of the molecule is CC(CO)CCCNC(=O)c1ccc(N)c(F)c1. The zero-order valence-electron chi connectivity index (χ0n) is 10.4. The monoisotopic (exact) mass is 254 g/mol. The number of nitrogen functional groups attached to an aromatic ring is 1. The second kappa shape index (κ2) is 6.96. The lowest BCUT2D eigenvalue weighted by molar-refractivity contribution is 0.0951. The molecule has 4 N–H and O–H groups in total. The normalized spacial score (nSPS) is 12.2. The minimum atomic E-state index is -0.587. The Labute approximate surface area is 106 Å². The highest BCUT2D eigenvalue weighted by atomic mass is 19.1. The number of hydrogen-bond donors (Lipinski definition) is 3. The van der Waals surface area contributed by atoms with Gasteiger partial charge in [0.1, 0.15) is 5.82 Å². The van der Waals surface area contributed by atoms with Gasteiger partial charge in [-0.25, -0.2) is 4.39 Å². The summed E-state index contributed by atoms with van der Waals surface area (Å²) in [5, 5.41) is 11.5. The molecule has 1 unspecified atom stereocenters. The quantitative estimate of drug-likeness (QED) is 0.532. The maximum Gasteiger partial charge on any atom is 0.251 e. The van der Waals surface area contributed by atoms with E-state index in [4.69, 9.17) is 10.8 Å². The van der Waals surface area contributed by atoms with Crippen molar-refractivity contribution in [1.29, 1.82) is 0 Å². The Morgan fingerprint density at radius 2 is 2.28 bits per heavy atom. The summed E-state index contributed by atoms with van der Waals surface area (Å²) in [7, 11) is 0. The number of amides is 1. The number of rotatable bonds is 6. The van der Waals surface area contributed by atoms with Crippen LogP contribution in [-0.4, -0.2) is 24.2 Å². The molecule has 0 fully saturated rings. The maximum absolute atomic E-state index is 13.1. The Bertz CT molecular complexity index is 410. The van der Waals surface area contributed by atoms with E-state index in [9.17, 15) is 9.18 Å². The first-order valence-corrected chi connectivity index (χ1v) is 5.98. The molecule has 0 saturated heterocycles. The topological polar surface area (TPSA) is 75.3 Å². The third kappa shape index (κ3) is 4.33. The molecule has 4 nitrogen and oxygen atoms in total. The lowest BCUT2D eigenvalue weighted by Gasteiger charge is -2.08. The molecular weight excluding hydrogens is 235 g/mol. The van der Waals surface area contributed by atoms with Gasteiger partial charge in [-0.1, -0.05) is 6.92 Å². The first kappa shape index (κ1) is 14.4. The van der Waals surface area contributed by atoms with Crippen LogP contribution in [0.2, 0.25) is 0 Å². The molecule has 100 valence electrons. The standard InChI is InChI=1S/C13H19FN2O2/c1-9(8-17)3-2-6-16-13(18)10-4-5-12(15)11(14)7-10/h4-5,7,9,17H,2-3,6,8,15H2,1H3,(H,16,18). The Morgan fingerprint density at radius 1 is 1.56 bits per heavy atom. The maximum atomic E-state index is 13.1. The fourth-order valence-corrected chi connectivity index (χ4v) is 1.51. The van der Waals surface area contributed by atoms with E-state index in [-0.39, 0.29) is 29.7 Å². The van der Waals surface area contributed by atoms with Gasteiger partial charge in [0.25, 0.3) is 5.91 Å². The zero-order chi connectivity index (χ0) is 13.5. The summed E-state index contributed by atoms with van der Waals surface area (Å²) in [6, 6.07) is 3.99. The van der Waals surface area contributed by atoms with Gasteiger partial charge in [-0.15, -0.1) is 0 Å². The number of nitrogens with one attached hydrogen (secondary N) is 1. The van der Waals surface area contributed by atoms with Crippen LogP contribution in [0.4, 0.5) is 10.1 Å². The van der Waals surface area contributed by atoms with Crippen molar-refractivity contribution in [1.82, 2.24) is 5.32 Å². The second-order valence-electron chi connectivity index (χ2n) is 4.42. The molecule has 0 aliphatic carbocycles. The summed E-state index contributed by atoms with van der Waals surface area (Å²) in [6.45, 7) is 2.60. The van der Waals surface area contributed by atoms with Crippen molar-refractivity contribution in [3.05, 3.63) is 29.6 Å². The van der Waals surface area contributed by atoms with E-state index in [1.165, 1.54) is 12.1 Å². The van der Waals surface area contributed by atoms with Crippen molar-refractivity contribution in [2.45, 2.75) is 19.8 Å². The van der Waals surface area contributed by atoms with Gasteiger partial charge in [0.15, 0.2) is 0 Å². The molecule has 0 spiro atoms. The van der Waals surface area contributed by atoms with Gasteiger partial charge in [0.2, 0.25) is 0 Å². The minimum absolute atomic E-state index is 0.0309. The summed E-state index contributed by atoms with van der Waals surface area (Å²) < 4.78 is 13.1. The first-order valence-electron chi connectivity index (χ1n) is 5.98. The molecule has 0 aliphatic heterocycles. The third-order valence-corrected chi connectivity index (χ3v) is 2.73. The number of hydrogen-bond acceptors (Lipinski definition) is 3. The molecule has 0 heterocycles. The lowest BCUT2D eigenvalue weighted by atomic mass is 10.1. The largest absolute Gasteiger partial charge is 0.396 e. The van der Waals surface area contributed by atoms with Gasteiger partial charge in [0, 0.05) is 18.7 Å². The van der Waals surface area contributed by atoms with Crippen LogP contribution < -0.4 is 11.1 Å². The number of benzene rings is 1. The second-order valence-corrected chi connectivity index (χ2v) is 4.42. The van der Waals surface area contributed by atoms with E-state index < -0.39 is 5.82 Å². The van der Waals surface area contributed by atoms with Crippen molar-refractivity contribution in [2.75, 3.05) is 18.9 Å². The summed E-state index contributed by atoms with van der Waals surface area (Å²) >= 11 is 0. The van der Waals surface area contributed by atoms with E-state index in [0.29, 0.717) is 6.54 Å². The number of anilines is 1. The van der Waals surface area contributed by atoms with Gasteiger partial charge in [-0.3, -0.25) is 4.79 Å². The number of carbonyl (C=O) groups is 1. The molecule has 0 saturated carbocycles. The van der Waals surface area contributed by atoms with E-state index in [1.54, 1.807) is 0 Å². The van der Waals surface area contributed by atoms with E-state index >= 15 is 0 Å². The molecule has 1 atom stereocenters. The minimum Gasteiger partial charge on any atom is -0.396 e. The fraction of sp³-hybridized carbons (Fsp3) is 0.462. The van der Waals surface area contributed by atoms with Crippen LogP contribution in [0.15, 0.2) is 18.2 Å². The van der Waals surface area contributed by atoms with Gasteiger partial charge in [-0.05, 0) is 37.0 Å². The molecule has 5 heteroatoms. The predicted molar refractivity (Wildman–Crippen MR) is 68.6 cm³/mol. The fourth-order valence-electron chi connectivity index (χ4n) is 1.51. The highest BCUT2D eigenvalue weighted by Crippen LogP contribution is 2.11. The van der Waals surface area contributed by atoms with Crippen molar-refractivity contribution >= 4 is 11.6 Å². The molecule has 1 aromatic carbocycles. The molecule has 1 aromatic rings. The summed E-state index contributed by atoms with van der Waals surface area (Å²) in [6.07, 6.45) is 1.62. The summed E-state index contributed by atoms with van der Waals surface area (Å²) in [5.74, 6) is -0.669. The molecule has 0 radical (unpaired) electrons. The Hall–Kier alpha value is -1.62. The Kier molecular flexibility index (Phi) is 5.58. The molecule has 1 rings (SSSR count). The highest BCUT2D eigenvalue weighted by Gasteiger charge is 2.08.